The number of pyridine rings is 1. The van der Waals surface area contributed by atoms with Crippen molar-refractivity contribution in [1.82, 2.24) is 4.98 Å². The van der Waals surface area contributed by atoms with E-state index in [1.165, 1.54) is 6.20 Å². The van der Waals surface area contributed by atoms with E-state index >= 15 is 0 Å². The molecule has 0 radical (unpaired) electrons. The predicted octanol–water partition coefficient (Wildman–Crippen LogP) is 0.967. The third-order valence-electron chi connectivity index (χ3n) is 1.48. The lowest BCUT2D eigenvalue weighted by molar-refractivity contribution is -0.137. The smallest absolute Gasteiger partial charge is 0.379 e. The van der Waals surface area contributed by atoms with Gasteiger partial charge in [-0.2, -0.15) is 0 Å². The number of ketones is 1. The van der Waals surface area contributed by atoms with Crippen molar-refractivity contribution in [2.75, 3.05) is 6.61 Å². The van der Waals surface area contributed by atoms with Crippen molar-refractivity contribution < 1.29 is 18.7 Å². The molecule has 74 valence electrons. The second-order valence-electron chi connectivity index (χ2n) is 2.41. The van der Waals surface area contributed by atoms with Gasteiger partial charge in [-0.15, -0.1) is 0 Å². The van der Waals surface area contributed by atoms with Crippen molar-refractivity contribution in [3.63, 3.8) is 0 Å². The first-order valence-electron chi connectivity index (χ1n) is 3.97. The molecule has 1 heterocycles. The van der Waals surface area contributed by atoms with Crippen LogP contribution in [0.15, 0.2) is 18.5 Å². The lowest BCUT2D eigenvalue weighted by Gasteiger charge is -2.00. The van der Waals surface area contributed by atoms with Crippen molar-refractivity contribution in [2.24, 2.45) is 0 Å². The quantitative estimate of drug-likeness (QED) is 0.411. The molecule has 0 aromatic carbocycles. The molecule has 1 aromatic rings. The Balaban J connectivity index is 2.90. The van der Waals surface area contributed by atoms with E-state index in [0.717, 1.165) is 12.3 Å². The van der Waals surface area contributed by atoms with Crippen molar-refractivity contribution in [1.29, 1.82) is 0 Å². The van der Waals surface area contributed by atoms with Crippen LogP contribution >= 0.6 is 0 Å². The second kappa shape index (κ2) is 4.45. The Hall–Kier alpha value is -1.78. The summed E-state index contributed by atoms with van der Waals surface area (Å²) in [5, 5.41) is 0. The number of aromatic nitrogens is 1. The van der Waals surface area contributed by atoms with Crippen molar-refractivity contribution >= 4 is 11.8 Å². The largest absolute Gasteiger partial charge is 0.460 e. The topological polar surface area (TPSA) is 56.3 Å². The van der Waals surface area contributed by atoms with Crippen molar-refractivity contribution in [3.05, 3.63) is 29.8 Å². The van der Waals surface area contributed by atoms with E-state index in [0.29, 0.717) is 0 Å². The predicted molar refractivity (Wildman–Crippen MR) is 45.2 cm³/mol. The third-order valence-corrected chi connectivity index (χ3v) is 1.48. The Bertz CT molecular complexity index is 365. The van der Waals surface area contributed by atoms with Gasteiger partial charge in [-0.25, -0.2) is 9.18 Å². The summed E-state index contributed by atoms with van der Waals surface area (Å²) in [4.78, 5) is 25.6. The summed E-state index contributed by atoms with van der Waals surface area (Å²) in [6, 6.07) is 1.13. The first kappa shape index (κ1) is 10.3. The Morgan fingerprint density at radius 1 is 1.57 bits per heavy atom. The van der Waals surface area contributed by atoms with E-state index in [1.807, 2.05) is 0 Å². The first-order chi connectivity index (χ1) is 6.66. The fourth-order valence-corrected chi connectivity index (χ4v) is 0.866. The highest BCUT2D eigenvalue weighted by molar-refractivity contribution is 6.40. The van der Waals surface area contributed by atoms with Crippen LogP contribution in [0.5, 0.6) is 0 Å². The summed E-state index contributed by atoms with van der Waals surface area (Å²) in [6.45, 7) is 1.64. The zero-order valence-corrected chi connectivity index (χ0v) is 7.49. The molecule has 0 saturated heterocycles. The van der Waals surface area contributed by atoms with Crippen LogP contribution in [-0.2, 0) is 9.53 Å². The molecule has 0 aliphatic heterocycles. The molecule has 0 bridgehead atoms. The molecule has 0 atom stereocenters. The average molecular weight is 197 g/mol. The highest BCUT2D eigenvalue weighted by Gasteiger charge is 2.20. The van der Waals surface area contributed by atoms with Crippen LogP contribution in [0.2, 0.25) is 0 Å². The zero-order chi connectivity index (χ0) is 10.6. The molecule has 0 aliphatic carbocycles. The SMILES string of the molecule is CCOC(=O)C(=O)c1ccncc1F. The number of rotatable bonds is 3. The van der Waals surface area contributed by atoms with Crippen LogP contribution in [0.3, 0.4) is 0 Å². The maximum absolute atomic E-state index is 12.9. The molecule has 0 amide bonds. The van der Waals surface area contributed by atoms with E-state index in [1.54, 1.807) is 6.92 Å². The minimum Gasteiger partial charge on any atom is -0.460 e. The summed E-state index contributed by atoms with van der Waals surface area (Å²) in [5.41, 5.74) is -0.321. The number of nitrogens with zero attached hydrogens (tertiary/aromatic N) is 1. The number of esters is 1. The molecule has 0 unspecified atom stereocenters. The molecule has 1 aromatic heterocycles. The Morgan fingerprint density at radius 3 is 2.86 bits per heavy atom. The zero-order valence-electron chi connectivity index (χ0n) is 7.49. The Labute approximate surface area is 79.7 Å². The first-order valence-corrected chi connectivity index (χ1v) is 3.97. The van der Waals surface area contributed by atoms with E-state index in [-0.39, 0.29) is 12.2 Å². The fourth-order valence-electron chi connectivity index (χ4n) is 0.866. The monoisotopic (exact) mass is 197 g/mol. The van der Waals surface area contributed by atoms with Gasteiger partial charge in [0.1, 0.15) is 0 Å². The van der Waals surface area contributed by atoms with Gasteiger partial charge in [0.05, 0.1) is 18.4 Å². The third kappa shape index (κ3) is 2.12. The lowest BCUT2D eigenvalue weighted by atomic mass is 10.2. The summed E-state index contributed by atoms with van der Waals surface area (Å²) in [5.74, 6) is -2.88. The number of Topliss-reactive ketones (excluding diaryl/α,β-unsaturated/α-hetero) is 1. The number of hydrogen-bond donors (Lipinski definition) is 0. The molecule has 0 spiro atoms. The van der Waals surface area contributed by atoms with Gasteiger partial charge in [-0.05, 0) is 13.0 Å². The lowest BCUT2D eigenvalue weighted by Crippen LogP contribution is -2.18. The standard InChI is InChI=1S/C9H8FNO3/c1-2-14-9(13)8(12)6-3-4-11-5-7(6)10/h3-5H,2H2,1H3. The van der Waals surface area contributed by atoms with Crippen LogP contribution in [-0.4, -0.2) is 23.3 Å². The fraction of sp³-hybridized carbons (Fsp3) is 0.222. The minimum absolute atomic E-state index is 0.0806. The van der Waals surface area contributed by atoms with Gasteiger partial charge in [0.15, 0.2) is 5.82 Å². The highest BCUT2D eigenvalue weighted by atomic mass is 19.1. The molecular weight excluding hydrogens is 189 g/mol. The maximum atomic E-state index is 12.9. The summed E-state index contributed by atoms with van der Waals surface area (Å²) in [7, 11) is 0. The number of hydrogen-bond acceptors (Lipinski definition) is 4. The highest BCUT2D eigenvalue weighted by Crippen LogP contribution is 2.06. The molecule has 4 nitrogen and oxygen atoms in total. The Kier molecular flexibility index (Phi) is 3.28. The molecule has 0 aliphatic rings. The second-order valence-corrected chi connectivity index (χ2v) is 2.41. The van der Waals surface area contributed by atoms with Gasteiger partial charge in [0.2, 0.25) is 0 Å². The van der Waals surface area contributed by atoms with Crippen LogP contribution in [0.4, 0.5) is 4.39 Å². The van der Waals surface area contributed by atoms with Crippen LogP contribution in [0.1, 0.15) is 17.3 Å². The van der Waals surface area contributed by atoms with E-state index in [2.05, 4.69) is 9.72 Å². The molecule has 5 heteroatoms. The summed E-state index contributed by atoms with van der Waals surface area (Å²) < 4.78 is 17.4. The Morgan fingerprint density at radius 2 is 2.29 bits per heavy atom. The minimum atomic E-state index is -1.06. The number of ether oxygens (including phenoxy) is 1. The molecule has 14 heavy (non-hydrogen) atoms. The van der Waals surface area contributed by atoms with Crippen LogP contribution < -0.4 is 0 Å². The molecule has 0 fully saturated rings. The number of carbonyl (C=O) groups is 2. The van der Waals surface area contributed by atoms with E-state index in [4.69, 9.17) is 0 Å². The molecule has 0 N–H and O–H groups in total. The van der Waals surface area contributed by atoms with Gasteiger partial charge in [0, 0.05) is 6.20 Å². The van der Waals surface area contributed by atoms with Gasteiger partial charge in [0.25, 0.3) is 5.78 Å². The number of carbonyl (C=O) groups excluding carboxylic acids is 2. The van der Waals surface area contributed by atoms with Gasteiger partial charge in [-0.3, -0.25) is 9.78 Å². The van der Waals surface area contributed by atoms with E-state index in [9.17, 15) is 14.0 Å². The van der Waals surface area contributed by atoms with Crippen LogP contribution in [0, 0.1) is 5.82 Å². The normalized spacial score (nSPS) is 9.57. The van der Waals surface area contributed by atoms with Crippen LogP contribution in [0.25, 0.3) is 0 Å². The summed E-state index contributed by atoms with van der Waals surface area (Å²) in [6.07, 6.45) is 2.10. The molecular formula is C9H8FNO3. The molecule has 0 saturated carbocycles. The summed E-state index contributed by atoms with van der Waals surface area (Å²) >= 11 is 0. The van der Waals surface area contributed by atoms with Crippen molar-refractivity contribution in [3.8, 4) is 0 Å². The maximum Gasteiger partial charge on any atom is 0.379 e. The number of halogens is 1. The average Bonchev–Trinajstić information content (AvgIpc) is 2.18. The van der Waals surface area contributed by atoms with E-state index < -0.39 is 17.6 Å². The van der Waals surface area contributed by atoms with Crippen molar-refractivity contribution in [2.45, 2.75) is 6.92 Å². The van der Waals surface area contributed by atoms with Gasteiger partial charge < -0.3 is 4.74 Å². The molecule has 1 rings (SSSR count). The van der Waals surface area contributed by atoms with Gasteiger partial charge >= 0.3 is 5.97 Å². The van der Waals surface area contributed by atoms with Gasteiger partial charge in [-0.1, -0.05) is 0 Å².